The number of imidazole rings is 1. The Morgan fingerprint density at radius 2 is 1.95 bits per heavy atom. The van der Waals surface area contributed by atoms with E-state index in [2.05, 4.69) is 14.6 Å². The summed E-state index contributed by atoms with van der Waals surface area (Å²) < 4.78 is 3.86. The number of nitrogens with zero attached hydrogens (tertiary/aromatic N) is 4. The number of fused-ring (bicyclic) bond motifs is 1. The number of halogens is 3. The standard InChI is InChI=1S/C14H13Cl3N4/c1-20-4-2-9(19-20)3-5-21-13-7-11(17)10(16)6-12(13)18-14(21)8-15/h2,4,6-7H,3,5,8H2,1H3. The maximum absolute atomic E-state index is 6.11. The van der Waals surface area contributed by atoms with Crippen molar-refractivity contribution in [3.8, 4) is 0 Å². The van der Waals surface area contributed by atoms with Crippen LogP contribution in [0.25, 0.3) is 11.0 Å². The summed E-state index contributed by atoms with van der Waals surface area (Å²) in [7, 11) is 1.90. The molecule has 0 amide bonds. The highest BCUT2D eigenvalue weighted by Gasteiger charge is 2.13. The summed E-state index contributed by atoms with van der Waals surface area (Å²) in [6.07, 6.45) is 2.73. The van der Waals surface area contributed by atoms with Crippen LogP contribution in [0.4, 0.5) is 0 Å². The summed E-state index contributed by atoms with van der Waals surface area (Å²) in [4.78, 5) is 4.51. The minimum absolute atomic E-state index is 0.339. The van der Waals surface area contributed by atoms with Crippen molar-refractivity contribution in [3.05, 3.63) is 46.0 Å². The predicted molar refractivity (Wildman–Crippen MR) is 86.2 cm³/mol. The second-order valence-corrected chi connectivity index (χ2v) is 5.88. The summed E-state index contributed by atoms with van der Waals surface area (Å²) in [5.74, 6) is 1.15. The second-order valence-electron chi connectivity index (χ2n) is 4.80. The number of aryl methyl sites for hydroxylation is 3. The van der Waals surface area contributed by atoms with Crippen molar-refractivity contribution >= 4 is 45.8 Å². The zero-order chi connectivity index (χ0) is 15.0. The third-order valence-electron chi connectivity index (χ3n) is 3.35. The molecule has 0 unspecified atom stereocenters. The number of hydrogen-bond acceptors (Lipinski definition) is 2. The first kappa shape index (κ1) is 14.7. The van der Waals surface area contributed by atoms with Crippen LogP contribution in [-0.2, 0) is 25.9 Å². The van der Waals surface area contributed by atoms with Gasteiger partial charge >= 0.3 is 0 Å². The van der Waals surface area contributed by atoms with Gasteiger partial charge in [-0.1, -0.05) is 23.2 Å². The van der Waals surface area contributed by atoms with Crippen LogP contribution in [0.2, 0.25) is 10.0 Å². The predicted octanol–water partition coefficient (Wildman–Crippen LogP) is 4.06. The molecule has 2 heterocycles. The lowest BCUT2D eigenvalue weighted by Gasteiger charge is -2.07. The van der Waals surface area contributed by atoms with Crippen LogP contribution in [0.5, 0.6) is 0 Å². The maximum Gasteiger partial charge on any atom is 0.124 e. The van der Waals surface area contributed by atoms with Gasteiger partial charge in [0.25, 0.3) is 0 Å². The van der Waals surface area contributed by atoms with Crippen molar-refractivity contribution in [2.45, 2.75) is 18.8 Å². The molecule has 0 spiro atoms. The Hall–Kier alpha value is -1.23. The van der Waals surface area contributed by atoms with Crippen LogP contribution in [0.15, 0.2) is 24.4 Å². The van der Waals surface area contributed by atoms with E-state index in [4.69, 9.17) is 34.8 Å². The van der Waals surface area contributed by atoms with Gasteiger partial charge in [0, 0.05) is 26.2 Å². The van der Waals surface area contributed by atoms with Gasteiger partial charge in [0.1, 0.15) is 5.82 Å². The third-order valence-corrected chi connectivity index (χ3v) is 4.31. The molecule has 4 nitrogen and oxygen atoms in total. The lowest BCUT2D eigenvalue weighted by molar-refractivity contribution is 0.660. The molecule has 3 rings (SSSR count). The molecule has 1 aromatic carbocycles. The highest BCUT2D eigenvalue weighted by Crippen LogP contribution is 2.28. The first-order valence-electron chi connectivity index (χ1n) is 6.47. The third kappa shape index (κ3) is 2.89. The molecule has 0 atom stereocenters. The minimum Gasteiger partial charge on any atom is -0.327 e. The van der Waals surface area contributed by atoms with E-state index in [0.717, 1.165) is 35.5 Å². The molecule has 0 aliphatic rings. The van der Waals surface area contributed by atoms with E-state index in [1.807, 2.05) is 25.4 Å². The molecule has 7 heteroatoms. The summed E-state index contributed by atoms with van der Waals surface area (Å²) >= 11 is 18.2. The van der Waals surface area contributed by atoms with Crippen LogP contribution in [0.3, 0.4) is 0 Å². The molecule has 0 radical (unpaired) electrons. The Morgan fingerprint density at radius 3 is 2.62 bits per heavy atom. The van der Waals surface area contributed by atoms with Crippen LogP contribution < -0.4 is 0 Å². The fraction of sp³-hybridized carbons (Fsp3) is 0.286. The van der Waals surface area contributed by atoms with Crippen molar-refractivity contribution < 1.29 is 0 Å². The monoisotopic (exact) mass is 342 g/mol. The lowest BCUT2D eigenvalue weighted by Crippen LogP contribution is -2.06. The molecule has 0 bridgehead atoms. The van der Waals surface area contributed by atoms with Gasteiger partial charge in [-0.25, -0.2) is 4.98 Å². The molecule has 0 saturated carbocycles. The van der Waals surface area contributed by atoms with E-state index in [-0.39, 0.29) is 0 Å². The van der Waals surface area contributed by atoms with E-state index < -0.39 is 0 Å². The maximum atomic E-state index is 6.11. The highest BCUT2D eigenvalue weighted by molar-refractivity contribution is 6.42. The van der Waals surface area contributed by atoms with Gasteiger partial charge in [0.2, 0.25) is 0 Å². The van der Waals surface area contributed by atoms with Gasteiger partial charge in [-0.15, -0.1) is 11.6 Å². The van der Waals surface area contributed by atoms with Gasteiger partial charge in [-0.2, -0.15) is 5.10 Å². The Labute approximate surface area is 137 Å². The second kappa shape index (κ2) is 5.87. The topological polar surface area (TPSA) is 35.6 Å². The van der Waals surface area contributed by atoms with Crippen molar-refractivity contribution in [3.63, 3.8) is 0 Å². The summed E-state index contributed by atoms with van der Waals surface area (Å²) in [6.45, 7) is 0.744. The number of rotatable bonds is 4. The Kier molecular flexibility index (Phi) is 4.11. The summed E-state index contributed by atoms with van der Waals surface area (Å²) in [5.41, 5.74) is 2.77. The quantitative estimate of drug-likeness (QED) is 0.670. The first-order chi connectivity index (χ1) is 10.1. The summed E-state index contributed by atoms with van der Waals surface area (Å²) in [5, 5.41) is 5.40. The van der Waals surface area contributed by atoms with Crippen LogP contribution in [-0.4, -0.2) is 19.3 Å². The van der Waals surface area contributed by atoms with Crippen LogP contribution >= 0.6 is 34.8 Å². The van der Waals surface area contributed by atoms with Crippen molar-refractivity contribution in [1.29, 1.82) is 0 Å². The highest BCUT2D eigenvalue weighted by atomic mass is 35.5. The zero-order valence-electron chi connectivity index (χ0n) is 11.4. The number of aromatic nitrogens is 4. The molecule has 0 fully saturated rings. The van der Waals surface area contributed by atoms with Gasteiger partial charge in [0.15, 0.2) is 0 Å². The fourth-order valence-corrected chi connectivity index (χ4v) is 2.86. The van der Waals surface area contributed by atoms with Gasteiger partial charge in [-0.05, 0) is 18.2 Å². The van der Waals surface area contributed by atoms with Crippen LogP contribution in [0.1, 0.15) is 11.5 Å². The molecular weight excluding hydrogens is 331 g/mol. The average Bonchev–Trinajstić information content (AvgIpc) is 3.01. The normalized spacial score (nSPS) is 11.4. The Balaban J connectivity index is 1.97. The Morgan fingerprint density at radius 1 is 1.19 bits per heavy atom. The SMILES string of the molecule is Cn1ccc(CCn2c(CCl)nc3cc(Cl)c(Cl)cc32)n1. The van der Waals surface area contributed by atoms with Crippen molar-refractivity contribution in [1.82, 2.24) is 19.3 Å². The number of hydrogen-bond donors (Lipinski definition) is 0. The van der Waals surface area contributed by atoms with Gasteiger partial charge < -0.3 is 4.57 Å². The average molecular weight is 344 g/mol. The van der Waals surface area contributed by atoms with Crippen LogP contribution in [0, 0.1) is 0 Å². The van der Waals surface area contributed by atoms with E-state index in [1.54, 1.807) is 10.7 Å². The van der Waals surface area contributed by atoms with Gasteiger partial charge in [0.05, 0.1) is 32.7 Å². The van der Waals surface area contributed by atoms with E-state index in [0.29, 0.717) is 15.9 Å². The van der Waals surface area contributed by atoms with Crippen molar-refractivity contribution in [2.24, 2.45) is 7.05 Å². The number of benzene rings is 1. The zero-order valence-corrected chi connectivity index (χ0v) is 13.6. The van der Waals surface area contributed by atoms with Crippen molar-refractivity contribution in [2.75, 3.05) is 0 Å². The van der Waals surface area contributed by atoms with E-state index in [9.17, 15) is 0 Å². The molecule has 0 aliphatic heterocycles. The molecule has 0 saturated heterocycles. The van der Waals surface area contributed by atoms with Gasteiger partial charge in [-0.3, -0.25) is 4.68 Å². The largest absolute Gasteiger partial charge is 0.327 e. The molecule has 3 aromatic rings. The first-order valence-corrected chi connectivity index (χ1v) is 7.76. The molecule has 0 aliphatic carbocycles. The van der Waals surface area contributed by atoms with E-state index in [1.165, 1.54) is 0 Å². The molecule has 21 heavy (non-hydrogen) atoms. The Bertz CT molecular complexity index is 791. The molecule has 2 aromatic heterocycles. The molecular formula is C14H13Cl3N4. The fourth-order valence-electron chi connectivity index (χ4n) is 2.34. The molecule has 0 N–H and O–H groups in total. The smallest absolute Gasteiger partial charge is 0.124 e. The lowest BCUT2D eigenvalue weighted by atomic mass is 10.3. The number of alkyl halides is 1. The minimum atomic E-state index is 0.339. The summed E-state index contributed by atoms with van der Waals surface area (Å²) in [6, 6.07) is 5.61. The van der Waals surface area contributed by atoms with E-state index >= 15 is 0 Å². The molecule has 110 valence electrons.